The van der Waals surface area contributed by atoms with Crippen LogP contribution in [0.2, 0.25) is 0 Å². The summed E-state index contributed by atoms with van der Waals surface area (Å²) >= 11 is 1.01. The number of thioether (sulfide) groups is 1. The zero-order valence-corrected chi connectivity index (χ0v) is 18.0. The lowest BCUT2D eigenvalue weighted by Gasteiger charge is -2.25. The van der Waals surface area contributed by atoms with E-state index in [0.717, 1.165) is 31.0 Å². The van der Waals surface area contributed by atoms with E-state index in [4.69, 9.17) is 0 Å². The summed E-state index contributed by atoms with van der Waals surface area (Å²) in [6.45, 7) is 2.00. The van der Waals surface area contributed by atoms with E-state index in [1.807, 2.05) is 12.2 Å². The molecule has 1 aromatic carbocycles. The van der Waals surface area contributed by atoms with Crippen molar-refractivity contribution in [2.24, 2.45) is 0 Å². The van der Waals surface area contributed by atoms with Crippen LogP contribution in [0.4, 0.5) is 13.2 Å². The lowest BCUT2D eigenvalue weighted by molar-refractivity contribution is -0.136. The van der Waals surface area contributed by atoms with Gasteiger partial charge in [-0.05, 0) is 38.0 Å². The Balaban J connectivity index is 1.79. The minimum atomic E-state index is -4.47. The molecule has 166 valence electrons. The number of piperidine rings is 1. The Morgan fingerprint density at radius 1 is 1.23 bits per heavy atom. The van der Waals surface area contributed by atoms with Crippen molar-refractivity contribution in [1.82, 2.24) is 19.2 Å². The molecule has 0 saturated carbocycles. The molecule has 0 radical (unpaired) electrons. The standard InChI is InChI=1S/C18H23F3N4O3S2/c1-2-25-15-7-6-13(30(27,28)24-8-4-3-5-9-24)10-14(15)23-17(25)29-11-16(26)22-12-18(19,20)21/h6-7,10H,2-5,8-9,11-12H2,1H3,(H,22,26). The Morgan fingerprint density at radius 3 is 2.57 bits per heavy atom. The maximum absolute atomic E-state index is 12.9. The molecular formula is C18H23F3N4O3S2. The summed E-state index contributed by atoms with van der Waals surface area (Å²) in [6.07, 6.45) is -1.78. The van der Waals surface area contributed by atoms with Crippen LogP contribution in [-0.4, -0.2) is 59.7 Å². The van der Waals surface area contributed by atoms with E-state index in [0.29, 0.717) is 35.8 Å². The number of halogens is 3. The van der Waals surface area contributed by atoms with Crippen LogP contribution in [0, 0.1) is 0 Å². The fraction of sp³-hybridized carbons (Fsp3) is 0.556. The normalized spacial score (nSPS) is 16.1. The first kappa shape index (κ1) is 22.9. The van der Waals surface area contributed by atoms with Crippen molar-refractivity contribution < 1.29 is 26.4 Å². The van der Waals surface area contributed by atoms with Crippen molar-refractivity contribution >= 4 is 38.7 Å². The Bertz CT molecular complexity index is 1020. The Hall–Kier alpha value is -1.79. The molecule has 2 heterocycles. The molecule has 0 bridgehead atoms. The van der Waals surface area contributed by atoms with Gasteiger partial charge in [-0.3, -0.25) is 4.79 Å². The van der Waals surface area contributed by atoms with Crippen molar-refractivity contribution in [3.8, 4) is 0 Å². The molecule has 3 rings (SSSR count). The van der Waals surface area contributed by atoms with Gasteiger partial charge >= 0.3 is 6.18 Å². The highest BCUT2D eigenvalue weighted by molar-refractivity contribution is 7.99. The molecule has 12 heteroatoms. The van der Waals surface area contributed by atoms with Gasteiger partial charge in [0.2, 0.25) is 15.9 Å². The van der Waals surface area contributed by atoms with Gasteiger partial charge in [-0.25, -0.2) is 13.4 Å². The number of nitrogens with one attached hydrogen (secondary N) is 1. The highest BCUT2D eigenvalue weighted by atomic mass is 32.2. The first-order valence-electron chi connectivity index (χ1n) is 9.58. The third-order valence-electron chi connectivity index (χ3n) is 4.77. The molecule has 1 N–H and O–H groups in total. The van der Waals surface area contributed by atoms with Crippen molar-refractivity contribution in [3.05, 3.63) is 18.2 Å². The topological polar surface area (TPSA) is 84.3 Å². The summed E-state index contributed by atoms with van der Waals surface area (Å²) in [7, 11) is -3.60. The van der Waals surface area contributed by atoms with Gasteiger partial charge in [0.1, 0.15) is 6.54 Å². The van der Waals surface area contributed by atoms with Crippen molar-refractivity contribution in [2.45, 2.75) is 49.0 Å². The monoisotopic (exact) mass is 464 g/mol. The van der Waals surface area contributed by atoms with E-state index in [-0.39, 0.29) is 10.6 Å². The lowest BCUT2D eigenvalue weighted by Crippen LogP contribution is -2.35. The predicted octanol–water partition coefficient (Wildman–Crippen LogP) is 3.00. The molecular weight excluding hydrogens is 441 g/mol. The molecule has 1 aliphatic rings. The Labute approximate surface area is 177 Å². The Kier molecular flexibility index (Phi) is 6.98. The van der Waals surface area contributed by atoms with Gasteiger partial charge in [-0.15, -0.1) is 0 Å². The molecule has 0 spiro atoms. The average molecular weight is 465 g/mol. The zero-order chi connectivity index (χ0) is 21.9. The number of alkyl halides is 3. The second kappa shape index (κ2) is 9.15. The zero-order valence-electron chi connectivity index (χ0n) is 16.4. The maximum Gasteiger partial charge on any atom is 0.405 e. The van der Waals surface area contributed by atoms with Crippen LogP contribution in [0.1, 0.15) is 26.2 Å². The van der Waals surface area contributed by atoms with Crippen LogP contribution in [0.25, 0.3) is 11.0 Å². The van der Waals surface area contributed by atoms with Crippen LogP contribution >= 0.6 is 11.8 Å². The number of rotatable bonds is 7. The predicted molar refractivity (Wildman–Crippen MR) is 108 cm³/mol. The third kappa shape index (κ3) is 5.27. The number of aryl methyl sites for hydroxylation is 1. The maximum atomic E-state index is 12.9. The number of benzene rings is 1. The molecule has 1 amide bonds. The van der Waals surface area contributed by atoms with E-state index >= 15 is 0 Å². The molecule has 1 saturated heterocycles. The number of imidazole rings is 1. The fourth-order valence-electron chi connectivity index (χ4n) is 3.30. The van der Waals surface area contributed by atoms with Gasteiger partial charge in [0.25, 0.3) is 0 Å². The fourth-order valence-corrected chi connectivity index (χ4v) is 5.74. The number of aromatic nitrogens is 2. The van der Waals surface area contributed by atoms with Gasteiger partial charge in [0.05, 0.1) is 21.7 Å². The van der Waals surface area contributed by atoms with Gasteiger partial charge in [0.15, 0.2) is 5.16 Å². The number of carbonyl (C=O) groups excluding carboxylic acids is 1. The second-order valence-electron chi connectivity index (χ2n) is 6.93. The minimum absolute atomic E-state index is 0.164. The van der Waals surface area contributed by atoms with E-state index in [1.54, 1.807) is 16.7 Å². The second-order valence-corrected chi connectivity index (χ2v) is 9.81. The smallest absolute Gasteiger partial charge is 0.346 e. The SMILES string of the molecule is CCn1c(SCC(=O)NCC(F)(F)F)nc2cc(S(=O)(=O)N3CCCCC3)ccc21. The number of carbonyl (C=O) groups is 1. The number of fused-ring (bicyclic) bond motifs is 1. The molecule has 1 aliphatic heterocycles. The number of hydrogen-bond acceptors (Lipinski definition) is 5. The molecule has 30 heavy (non-hydrogen) atoms. The first-order valence-corrected chi connectivity index (χ1v) is 12.0. The third-order valence-corrected chi connectivity index (χ3v) is 7.64. The van der Waals surface area contributed by atoms with E-state index in [9.17, 15) is 26.4 Å². The highest BCUT2D eigenvalue weighted by Crippen LogP contribution is 2.28. The van der Waals surface area contributed by atoms with E-state index in [2.05, 4.69) is 4.98 Å². The number of nitrogens with zero attached hydrogens (tertiary/aromatic N) is 3. The molecule has 7 nitrogen and oxygen atoms in total. The largest absolute Gasteiger partial charge is 0.405 e. The van der Waals surface area contributed by atoms with Gasteiger partial charge in [-0.1, -0.05) is 18.2 Å². The molecule has 1 aromatic heterocycles. The highest BCUT2D eigenvalue weighted by Gasteiger charge is 2.28. The van der Waals surface area contributed by atoms with Crippen LogP contribution < -0.4 is 5.32 Å². The Morgan fingerprint density at radius 2 is 1.93 bits per heavy atom. The summed E-state index contributed by atoms with van der Waals surface area (Å²) in [5.74, 6) is -0.974. The summed E-state index contributed by atoms with van der Waals surface area (Å²) in [5, 5.41) is 2.27. The summed E-state index contributed by atoms with van der Waals surface area (Å²) in [6, 6.07) is 4.74. The quantitative estimate of drug-likeness (QED) is 0.637. The number of sulfonamides is 1. The van der Waals surface area contributed by atoms with Crippen LogP contribution in [-0.2, 0) is 21.4 Å². The summed E-state index contributed by atoms with van der Waals surface area (Å²) in [5.41, 5.74) is 1.17. The summed E-state index contributed by atoms with van der Waals surface area (Å²) in [4.78, 5) is 16.3. The summed E-state index contributed by atoms with van der Waals surface area (Å²) < 4.78 is 65.7. The van der Waals surface area contributed by atoms with Gasteiger partial charge in [-0.2, -0.15) is 17.5 Å². The number of amides is 1. The first-order chi connectivity index (χ1) is 14.1. The molecule has 2 aromatic rings. The lowest BCUT2D eigenvalue weighted by atomic mass is 10.2. The van der Waals surface area contributed by atoms with Crippen molar-refractivity contribution in [1.29, 1.82) is 0 Å². The average Bonchev–Trinajstić information content (AvgIpc) is 3.07. The molecule has 0 unspecified atom stereocenters. The van der Waals surface area contributed by atoms with Gasteiger partial charge < -0.3 is 9.88 Å². The van der Waals surface area contributed by atoms with E-state index in [1.165, 1.54) is 10.4 Å². The van der Waals surface area contributed by atoms with Crippen molar-refractivity contribution in [3.63, 3.8) is 0 Å². The van der Waals surface area contributed by atoms with Crippen LogP contribution in [0.5, 0.6) is 0 Å². The van der Waals surface area contributed by atoms with Gasteiger partial charge in [0, 0.05) is 19.6 Å². The van der Waals surface area contributed by atoms with Crippen LogP contribution in [0.3, 0.4) is 0 Å². The van der Waals surface area contributed by atoms with E-state index < -0.39 is 28.7 Å². The van der Waals surface area contributed by atoms with Crippen molar-refractivity contribution in [2.75, 3.05) is 25.4 Å². The number of hydrogen-bond donors (Lipinski definition) is 1. The molecule has 1 fully saturated rings. The molecule has 0 aliphatic carbocycles. The molecule has 0 atom stereocenters. The minimum Gasteiger partial charge on any atom is -0.346 e. The van der Waals surface area contributed by atoms with Crippen LogP contribution in [0.15, 0.2) is 28.3 Å².